The van der Waals surface area contributed by atoms with Gasteiger partial charge in [0.2, 0.25) is 15.9 Å². The van der Waals surface area contributed by atoms with Gasteiger partial charge in [-0.15, -0.1) is 0 Å². The number of ether oxygens (including phenoxy) is 2. The van der Waals surface area contributed by atoms with Gasteiger partial charge in [0.15, 0.2) is 0 Å². The third-order valence-electron chi connectivity index (χ3n) is 5.72. The van der Waals surface area contributed by atoms with E-state index in [9.17, 15) is 13.2 Å². The maximum atomic E-state index is 13.1. The first-order valence-corrected chi connectivity index (χ1v) is 12.8. The zero-order valence-electron chi connectivity index (χ0n) is 20.4. The molecular weight excluding hydrogens is 440 g/mol. The molecule has 33 heavy (non-hydrogen) atoms. The Kier molecular flexibility index (Phi) is 6.71. The van der Waals surface area contributed by atoms with E-state index in [2.05, 4.69) is 26.1 Å². The van der Waals surface area contributed by atoms with Gasteiger partial charge in [-0.05, 0) is 55.2 Å². The van der Waals surface area contributed by atoms with Crippen LogP contribution in [0.2, 0.25) is 0 Å². The normalized spacial score (nSPS) is 17.5. The number of carbonyl (C=O) groups is 1. The van der Waals surface area contributed by atoms with Crippen LogP contribution in [0.15, 0.2) is 42.5 Å². The SMILES string of the molecule is COc1ccc2c(c1)C(NC(=O)CN(c1ccc(C(C)(C)C)cc1)S(C)(=O)=O)CC(C)(C)O2. The molecule has 0 saturated carbocycles. The molecule has 1 atom stereocenters. The summed E-state index contributed by atoms with van der Waals surface area (Å²) in [6.07, 6.45) is 1.65. The Balaban J connectivity index is 1.84. The zero-order valence-corrected chi connectivity index (χ0v) is 21.2. The van der Waals surface area contributed by atoms with Crippen LogP contribution in [0.3, 0.4) is 0 Å². The molecule has 1 amide bonds. The topological polar surface area (TPSA) is 84.9 Å². The zero-order chi connectivity index (χ0) is 24.6. The van der Waals surface area contributed by atoms with Gasteiger partial charge in [0.25, 0.3) is 0 Å². The van der Waals surface area contributed by atoms with Crippen LogP contribution in [-0.4, -0.2) is 39.8 Å². The van der Waals surface area contributed by atoms with E-state index < -0.39 is 21.5 Å². The minimum Gasteiger partial charge on any atom is -0.497 e. The highest BCUT2D eigenvalue weighted by Gasteiger charge is 2.35. The summed E-state index contributed by atoms with van der Waals surface area (Å²) in [6, 6.07) is 12.4. The third-order valence-corrected chi connectivity index (χ3v) is 6.86. The molecule has 1 aliphatic rings. The van der Waals surface area contributed by atoms with Crippen molar-refractivity contribution in [2.75, 3.05) is 24.2 Å². The lowest BCUT2D eigenvalue weighted by molar-refractivity contribution is -0.120. The fourth-order valence-electron chi connectivity index (χ4n) is 3.99. The van der Waals surface area contributed by atoms with Crippen molar-refractivity contribution in [3.05, 3.63) is 53.6 Å². The van der Waals surface area contributed by atoms with Gasteiger partial charge in [-0.2, -0.15) is 0 Å². The Morgan fingerprint density at radius 3 is 2.36 bits per heavy atom. The summed E-state index contributed by atoms with van der Waals surface area (Å²) in [7, 11) is -2.09. The van der Waals surface area contributed by atoms with E-state index in [-0.39, 0.29) is 18.0 Å². The Morgan fingerprint density at radius 1 is 1.18 bits per heavy atom. The van der Waals surface area contributed by atoms with Gasteiger partial charge < -0.3 is 14.8 Å². The van der Waals surface area contributed by atoms with Crippen molar-refractivity contribution in [1.29, 1.82) is 0 Å². The number of anilines is 1. The monoisotopic (exact) mass is 474 g/mol. The number of carbonyl (C=O) groups excluding carboxylic acids is 1. The van der Waals surface area contributed by atoms with Crippen LogP contribution in [0.4, 0.5) is 5.69 Å². The van der Waals surface area contributed by atoms with Crippen LogP contribution in [-0.2, 0) is 20.2 Å². The quantitative estimate of drug-likeness (QED) is 0.679. The Hall–Kier alpha value is -2.74. The second-order valence-electron chi connectivity index (χ2n) is 10.2. The van der Waals surface area contributed by atoms with Crippen LogP contribution in [0.1, 0.15) is 58.2 Å². The van der Waals surface area contributed by atoms with E-state index in [0.29, 0.717) is 23.6 Å². The van der Waals surface area contributed by atoms with Gasteiger partial charge in [0, 0.05) is 12.0 Å². The molecule has 1 N–H and O–H groups in total. The van der Waals surface area contributed by atoms with Crippen molar-refractivity contribution < 1.29 is 22.7 Å². The number of nitrogens with one attached hydrogen (secondary N) is 1. The highest BCUT2D eigenvalue weighted by Crippen LogP contribution is 2.41. The molecule has 1 heterocycles. The lowest BCUT2D eigenvalue weighted by Gasteiger charge is -2.38. The number of hydrogen-bond donors (Lipinski definition) is 1. The predicted molar refractivity (Wildman–Crippen MR) is 131 cm³/mol. The second kappa shape index (κ2) is 8.89. The van der Waals surface area contributed by atoms with Crippen LogP contribution in [0.25, 0.3) is 0 Å². The summed E-state index contributed by atoms with van der Waals surface area (Å²) in [6.45, 7) is 9.87. The lowest BCUT2D eigenvalue weighted by Crippen LogP contribution is -2.45. The number of hydrogen-bond acceptors (Lipinski definition) is 5. The van der Waals surface area contributed by atoms with Crippen LogP contribution in [0.5, 0.6) is 11.5 Å². The van der Waals surface area contributed by atoms with Crippen LogP contribution >= 0.6 is 0 Å². The number of sulfonamides is 1. The predicted octanol–water partition coefficient (Wildman–Crippen LogP) is 4.18. The summed E-state index contributed by atoms with van der Waals surface area (Å²) in [5, 5.41) is 3.01. The van der Waals surface area contributed by atoms with Crippen molar-refractivity contribution in [3.63, 3.8) is 0 Å². The largest absolute Gasteiger partial charge is 0.497 e. The number of nitrogens with zero attached hydrogens (tertiary/aromatic N) is 1. The van der Waals surface area contributed by atoms with E-state index >= 15 is 0 Å². The first kappa shape index (κ1) is 24.9. The van der Waals surface area contributed by atoms with Crippen molar-refractivity contribution in [1.82, 2.24) is 5.32 Å². The number of fused-ring (bicyclic) bond motifs is 1. The van der Waals surface area contributed by atoms with Crippen LogP contribution in [0, 0.1) is 0 Å². The lowest BCUT2D eigenvalue weighted by atomic mass is 9.87. The van der Waals surface area contributed by atoms with Crippen molar-refractivity contribution in [2.45, 2.75) is 58.1 Å². The van der Waals surface area contributed by atoms with Crippen molar-refractivity contribution in [2.24, 2.45) is 0 Å². The van der Waals surface area contributed by atoms with E-state index in [1.165, 1.54) is 0 Å². The Morgan fingerprint density at radius 2 is 1.82 bits per heavy atom. The van der Waals surface area contributed by atoms with Gasteiger partial charge in [-0.3, -0.25) is 9.10 Å². The first-order valence-electron chi connectivity index (χ1n) is 10.9. The fraction of sp³-hybridized carbons (Fsp3) is 0.480. The second-order valence-corrected chi connectivity index (χ2v) is 12.1. The highest BCUT2D eigenvalue weighted by molar-refractivity contribution is 7.92. The molecule has 0 radical (unpaired) electrons. The van der Waals surface area contributed by atoms with Gasteiger partial charge in [-0.25, -0.2) is 8.42 Å². The molecule has 0 aliphatic carbocycles. The van der Waals surface area contributed by atoms with E-state index in [1.807, 2.05) is 44.2 Å². The molecule has 0 saturated heterocycles. The third kappa shape index (κ3) is 5.99. The molecule has 1 aliphatic heterocycles. The summed E-state index contributed by atoms with van der Waals surface area (Å²) in [5.41, 5.74) is 1.80. The smallest absolute Gasteiger partial charge is 0.241 e. The summed E-state index contributed by atoms with van der Waals surface area (Å²) in [4.78, 5) is 13.1. The number of benzene rings is 2. The average Bonchev–Trinajstić information content (AvgIpc) is 2.69. The number of rotatable bonds is 6. The molecule has 180 valence electrons. The molecule has 7 nitrogen and oxygen atoms in total. The van der Waals surface area contributed by atoms with Crippen molar-refractivity contribution in [3.8, 4) is 11.5 Å². The number of methoxy groups -OCH3 is 1. The molecule has 1 unspecified atom stereocenters. The first-order chi connectivity index (χ1) is 15.2. The fourth-order valence-corrected chi connectivity index (χ4v) is 4.84. The molecule has 0 aromatic heterocycles. The van der Waals surface area contributed by atoms with Gasteiger partial charge in [0.1, 0.15) is 23.6 Å². The molecule has 0 bridgehead atoms. The van der Waals surface area contributed by atoms with E-state index in [1.54, 1.807) is 19.2 Å². The van der Waals surface area contributed by atoms with Gasteiger partial charge >= 0.3 is 0 Å². The molecular formula is C25H34N2O5S. The van der Waals surface area contributed by atoms with Crippen LogP contribution < -0.4 is 19.1 Å². The molecule has 8 heteroatoms. The molecule has 0 fully saturated rings. The minimum absolute atomic E-state index is 0.0594. The van der Waals surface area contributed by atoms with E-state index in [0.717, 1.165) is 21.7 Å². The summed E-state index contributed by atoms with van der Waals surface area (Å²) in [5.74, 6) is 0.944. The molecule has 2 aromatic rings. The summed E-state index contributed by atoms with van der Waals surface area (Å²) >= 11 is 0. The minimum atomic E-state index is -3.67. The Bertz CT molecular complexity index is 1120. The highest BCUT2D eigenvalue weighted by atomic mass is 32.2. The number of amides is 1. The maximum Gasteiger partial charge on any atom is 0.241 e. The maximum absolute atomic E-state index is 13.1. The Labute approximate surface area is 197 Å². The molecule has 3 rings (SSSR count). The van der Waals surface area contributed by atoms with Crippen molar-refractivity contribution >= 4 is 21.6 Å². The van der Waals surface area contributed by atoms with E-state index in [4.69, 9.17) is 9.47 Å². The summed E-state index contributed by atoms with van der Waals surface area (Å²) < 4.78 is 37.6. The standard InChI is InChI=1S/C25H34N2O5S/c1-24(2,3)17-8-10-18(11-9-17)27(33(7,29)30)16-23(28)26-21-15-25(4,5)32-22-13-12-19(31-6)14-20(21)22/h8-14,21H,15-16H2,1-7H3,(H,26,28). The molecule has 0 spiro atoms. The average molecular weight is 475 g/mol. The van der Waals surface area contributed by atoms with Gasteiger partial charge in [-0.1, -0.05) is 32.9 Å². The van der Waals surface area contributed by atoms with Gasteiger partial charge in [0.05, 0.1) is 25.1 Å². The molecule has 2 aromatic carbocycles.